The van der Waals surface area contributed by atoms with Crippen molar-refractivity contribution >= 4 is 22.6 Å². The minimum atomic E-state index is 0.759. The van der Waals surface area contributed by atoms with E-state index in [0.29, 0.717) is 0 Å². The SMILES string of the molecule is C1=NC(Cc2ccccc2)=CN(Cc2cnc[nH]2)c2sccc21. The Balaban J connectivity index is 1.65. The number of rotatable bonds is 4. The molecule has 0 atom stereocenters. The molecular weight excluding hydrogens is 304 g/mol. The van der Waals surface area contributed by atoms with E-state index in [1.165, 1.54) is 10.6 Å². The number of aromatic amines is 1. The maximum Gasteiger partial charge on any atom is 0.104 e. The predicted molar refractivity (Wildman–Crippen MR) is 94.9 cm³/mol. The number of allylic oxidation sites excluding steroid dienone is 1. The molecule has 3 heterocycles. The van der Waals surface area contributed by atoms with Gasteiger partial charge < -0.3 is 9.88 Å². The van der Waals surface area contributed by atoms with Gasteiger partial charge in [-0.05, 0) is 17.0 Å². The fraction of sp³-hybridized carbons (Fsp3) is 0.111. The number of aliphatic imine (C=N–C) groups is 1. The normalized spacial score (nSPS) is 13.6. The van der Waals surface area contributed by atoms with Crippen LogP contribution in [0.5, 0.6) is 0 Å². The molecule has 0 fully saturated rings. The number of nitrogens with zero attached hydrogens (tertiary/aromatic N) is 3. The lowest BCUT2D eigenvalue weighted by Gasteiger charge is -2.18. The summed E-state index contributed by atoms with van der Waals surface area (Å²) in [6.45, 7) is 0.759. The molecule has 0 aliphatic carbocycles. The van der Waals surface area contributed by atoms with Crippen molar-refractivity contribution < 1.29 is 0 Å². The first kappa shape index (κ1) is 14.0. The van der Waals surface area contributed by atoms with Gasteiger partial charge in [0.15, 0.2) is 0 Å². The molecule has 4 nitrogen and oxygen atoms in total. The molecule has 3 aromatic rings. The monoisotopic (exact) mass is 320 g/mol. The standard InChI is InChI=1S/C18H16N4S/c1-2-4-14(5-3-1)8-16-11-22(12-17-10-19-13-21-17)18-15(9-20-16)6-7-23-18/h1-7,9-11,13H,8,12H2,(H,19,21). The molecule has 23 heavy (non-hydrogen) atoms. The first-order valence-corrected chi connectivity index (χ1v) is 8.36. The van der Waals surface area contributed by atoms with Gasteiger partial charge in [0.1, 0.15) is 5.00 Å². The minimum Gasteiger partial charge on any atom is -0.347 e. The summed E-state index contributed by atoms with van der Waals surface area (Å²) < 4.78 is 0. The summed E-state index contributed by atoms with van der Waals surface area (Å²) in [4.78, 5) is 14.2. The molecule has 4 rings (SSSR count). The average molecular weight is 320 g/mol. The van der Waals surface area contributed by atoms with Crippen molar-refractivity contribution in [3.63, 3.8) is 0 Å². The molecule has 1 aliphatic heterocycles. The van der Waals surface area contributed by atoms with E-state index >= 15 is 0 Å². The third-order valence-corrected chi connectivity index (χ3v) is 4.70. The van der Waals surface area contributed by atoms with Crippen LogP contribution >= 0.6 is 11.3 Å². The van der Waals surface area contributed by atoms with Gasteiger partial charge in [0.25, 0.3) is 0 Å². The Morgan fingerprint density at radius 1 is 1.13 bits per heavy atom. The van der Waals surface area contributed by atoms with Crippen LogP contribution in [0.4, 0.5) is 5.00 Å². The van der Waals surface area contributed by atoms with E-state index in [4.69, 9.17) is 0 Å². The summed E-state index contributed by atoms with van der Waals surface area (Å²) in [5.41, 5.74) is 4.57. The van der Waals surface area contributed by atoms with Crippen molar-refractivity contribution in [2.75, 3.05) is 4.90 Å². The van der Waals surface area contributed by atoms with Crippen LogP contribution < -0.4 is 4.90 Å². The van der Waals surface area contributed by atoms with E-state index in [9.17, 15) is 0 Å². The van der Waals surface area contributed by atoms with Gasteiger partial charge in [-0.1, -0.05) is 30.3 Å². The van der Waals surface area contributed by atoms with Crippen LogP contribution in [0, 0.1) is 0 Å². The molecule has 0 radical (unpaired) electrons. The molecular formula is C18H16N4S. The van der Waals surface area contributed by atoms with Gasteiger partial charge in [0.2, 0.25) is 0 Å². The fourth-order valence-corrected chi connectivity index (χ4v) is 3.49. The summed E-state index contributed by atoms with van der Waals surface area (Å²) >= 11 is 1.73. The highest BCUT2D eigenvalue weighted by atomic mass is 32.1. The molecule has 1 aliphatic rings. The number of benzene rings is 1. The number of hydrogen-bond acceptors (Lipinski definition) is 4. The Labute approximate surface area is 138 Å². The summed E-state index contributed by atoms with van der Waals surface area (Å²) in [6.07, 6.45) is 8.52. The Morgan fingerprint density at radius 2 is 2.04 bits per heavy atom. The molecule has 0 saturated carbocycles. The average Bonchev–Trinajstić information content (AvgIpc) is 3.21. The Hall–Kier alpha value is -2.66. The molecule has 0 amide bonds. The van der Waals surface area contributed by atoms with Crippen LogP contribution in [-0.2, 0) is 13.0 Å². The summed E-state index contributed by atoms with van der Waals surface area (Å²) in [5.74, 6) is 0. The maximum atomic E-state index is 4.69. The third kappa shape index (κ3) is 3.10. The first-order chi connectivity index (χ1) is 11.4. The van der Waals surface area contributed by atoms with Gasteiger partial charge in [-0.25, -0.2) is 4.98 Å². The largest absolute Gasteiger partial charge is 0.347 e. The van der Waals surface area contributed by atoms with Crippen LogP contribution in [0.1, 0.15) is 16.8 Å². The van der Waals surface area contributed by atoms with Crippen LogP contribution in [0.2, 0.25) is 0 Å². The smallest absolute Gasteiger partial charge is 0.104 e. The lowest BCUT2D eigenvalue weighted by Crippen LogP contribution is -2.16. The molecule has 0 spiro atoms. The summed E-state index contributed by atoms with van der Waals surface area (Å²) in [6, 6.07) is 12.6. The van der Waals surface area contributed by atoms with E-state index in [2.05, 4.69) is 61.8 Å². The van der Waals surface area contributed by atoms with Crippen molar-refractivity contribution in [1.82, 2.24) is 9.97 Å². The van der Waals surface area contributed by atoms with Gasteiger partial charge in [-0.15, -0.1) is 11.3 Å². The Kier molecular flexibility index (Phi) is 3.78. The Morgan fingerprint density at radius 3 is 2.87 bits per heavy atom. The van der Waals surface area contributed by atoms with Gasteiger partial charge >= 0.3 is 0 Å². The van der Waals surface area contributed by atoms with Gasteiger partial charge in [0.05, 0.1) is 24.3 Å². The maximum absolute atomic E-state index is 4.69. The van der Waals surface area contributed by atoms with E-state index < -0.39 is 0 Å². The molecule has 0 saturated heterocycles. The number of anilines is 1. The lowest BCUT2D eigenvalue weighted by atomic mass is 10.1. The molecule has 0 unspecified atom stereocenters. The number of imidazole rings is 1. The second-order valence-electron chi connectivity index (χ2n) is 5.43. The molecule has 5 heteroatoms. The van der Waals surface area contributed by atoms with Gasteiger partial charge in [-0.2, -0.15) is 0 Å². The number of hydrogen-bond donors (Lipinski definition) is 1. The number of thiophene rings is 1. The quantitative estimate of drug-likeness (QED) is 0.790. The zero-order valence-corrected chi connectivity index (χ0v) is 13.3. The first-order valence-electron chi connectivity index (χ1n) is 7.48. The third-order valence-electron chi connectivity index (χ3n) is 3.73. The Bertz CT molecular complexity index is 831. The summed E-state index contributed by atoms with van der Waals surface area (Å²) in [7, 11) is 0. The molecule has 0 bridgehead atoms. The predicted octanol–water partition coefficient (Wildman–Crippen LogP) is 3.99. The zero-order valence-electron chi connectivity index (χ0n) is 12.5. The van der Waals surface area contributed by atoms with E-state index in [0.717, 1.165) is 29.9 Å². The lowest BCUT2D eigenvalue weighted by molar-refractivity contribution is 0.925. The highest BCUT2D eigenvalue weighted by Gasteiger charge is 2.15. The van der Waals surface area contributed by atoms with Gasteiger partial charge in [-0.3, -0.25) is 4.99 Å². The van der Waals surface area contributed by atoms with Crippen LogP contribution in [0.3, 0.4) is 0 Å². The summed E-state index contributed by atoms with van der Waals surface area (Å²) in [5, 5.41) is 3.32. The molecule has 114 valence electrons. The van der Waals surface area contributed by atoms with Crippen molar-refractivity contribution in [3.8, 4) is 0 Å². The van der Waals surface area contributed by atoms with E-state index in [1.54, 1.807) is 17.7 Å². The van der Waals surface area contributed by atoms with Crippen LogP contribution in [-0.4, -0.2) is 16.2 Å². The van der Waals surface area contributed by atoms with Crippen molar-refractivity contribution in [3.05, 3.63) is 83.0 Å². The topological polar surface area (TPSA) is 44.3 Å². The number of aromatic nitrogens is 2. The molecule has 2 aromatic heterocycles. The number of H-pyrrole nitrogens is 1. The van der Waals surface area contributed by atoms with Crippen LogP contribution in [0.15, 0.2) is 71.2 Å². The van der Waals surface area contributed by atoms with Crippen molar-refractivity contribution in [2.24, 2.45) is 4.99 Å². The molecule has 1 N–H and O–H groups in total. The number of nitrogens with one attached hydrogen (secondary N) is 1. The van der Waals surface area contributed by atoms with Crippen molar-refractivity contribution in [2.45, 2.75) is 13.0 Å². The van der Waals surface area contributed by atoms with E-state index in [1.807, 2.05) is 18.5 Å². The number of fused-ring (bicyclic) bond motifs is 1. The second-order valence-corrected chi connectivity index (χ2v) is 6.32. The molecule has 1 aromatic carbocycles. The van der Waals surface area contributed by atoms with Gasteiger partial charge in [0, 0.05) is 30.6 Å². The highest BCUT2D eigenvalue weighted by Crippen LogP contribution is 2.31. The highest BCUT2D eigenvalue weighted by molar-refractivity contribution is 7.14. The van der Waals surface area contributed by atoms with E-state index in [-0.39, 0.29) is 0 Å². The van der Waals surface area contributed by atoms with Crippen LogP contribution in [0.25, 0.3) is 0 Å². The minimum absolute atomic E-state index is 0.759. The second kappa shape index (κ2) is 6.22. The van der Waals surface area contributed by atoms with Crippen molar-refractivity contribution in [1.29, 1.82) is 0 Å². The fourth-order valence-electron chi connectivity index (χ4n) is 2.64. The zero-order chi connectivity index (χ0) is 15.5.